The third-order valence-electron chi connectivity index (χ3n) is 4.85. The summed E-state index contributed by atoms with van der Waals surface area (Å²) in [4.78, 5) is 34.1. The SMILES string of the molecule is COC(=O)N[C@H](C(=O)N1C[C@@H](O)C[C@H]1c1nc2ccccc2[nH]1)[C@@H](C)OC. The van der Waals surface area contributed by atoms with E-state index in [4.69, 9.17) is 4.74 Å². The van der Waals surface area contributed by atoms with E-state index in [1.807, 2.05) is 24.3 Å². The van der Waals surface area contributed by atoms with E-state index in [1.54, 1.807) is 6.92 Å². The van der Waals surface area contributed by atoms with Gasteiger partial charge in [-0.05, 0) is 19.1 Å². The van der Waals surface area contributed by atoms with Crippen LogP contribution < -0.4 is 5.32 Å². The summed E-state index contributed by atoms with van der Waals surface area (Å²) >= 11 is 0. The van der Waals surface area contributed by atoms with Gasteiger partial charge in [-0.15, -0.1) is 0 Å². The third-order valence-corrected chi connectivity index (χ3v) is 4.85. The Hall–Kier alpha value is -2.65. The van der Waals surface area contributed by atoms with Gasteiger partial charge in [0.05, 0.1) is 36.4 Å². The van der Waals surface area contributed by atoms with Gasteiger partial charge in [0.15, 0.2) is 0 Å². The summed E-state index contributed by atoms with van der Waals surface area (Å²) in [5.74, 6) is 0.236. The molecule has 1 aliphatic rings. The number of methoxy groups -OCH3 is 2. The van der Waals surface area contributed by atoms with Gasteiger partial charge in [0, 0.05) is 20.1 Å². The number of likely N-dealkylation sites (tertiary alicyclic amines) is 1. The zero-order valence-electron chi connectivity index (χ0n) is 15.5. The lowest BCUT2D eigenvalue weighted by Gasteiger charge is -2.30. The molecule has 9 nitrogen and oxygen atoms in total. The number of amides is 2. The van der Waals surface area contributed by atoms with Crippen LogP contribution in [0.15, 0.2) is 24.3 Å². The molecule has 1 aromatic carbocycles. The van der Waals surface area contributed by atoms with Crippen molar-refractivity contribution >= 4 is 23.0 Å². The minimum Gasteiger partial charge on any atom is -0.453 e. The van der Waals surface area contributed by atoms with Gasteiger partial charge < -0.3 is 29.8 Å². The molecule has 1 aliphatic heterocycles. The zero-order valence-corrected chi connectivity index (χ0v) is 15.5. The molecular weight excluding hydrogens is 352 g/mol. The van der Waals surface area contributed by atoms with E-state index in [2.05, 4.69) is 20.0 Å². The Labute approximate surface area is 156 Å². The second-order valence-electron chi connectivity index (χ2n) is 6.59. The molecule has 0 bridgehead atoms. The largest absolute Gasteiger partial charge is 0.453 e. The second-order valence-corrected chi connectivity index (χ2v) is 6.59. The zero-order chi connectivity index (χ0) is 19.6. The maximum atomic E-state index is 13.2. The summed E-state index contributed by atoms with van der Waals surface area (Å²) in [5, 5.41) is 12.7. The predicted octanol–water partition coefficient (Wildman–Crippen LogP) is 0.957. The maximum Gasteiger partial charge on any atom is 0.407 e. The number of alkyl carbamates (subject to hydrolysis) is 1. The lowest BCUT2D eigenvalue weighted by Crippen LogP contribution is -2.54. The van der Waals surface area contributed by atoms with Gasteiger partial charge in [0.1, 0.15) is 11.9 Å². The molecule has 9 heteroatoms. The minimum absolute atomic E-state index is 0.149. The summed E-state index contributed by atoms with van der Waals surface area (Å²) < 4.78 is 9.87. The van der Waals surface area contributed by atoms with Crippen molar-refractivity contribution in [3.63, 3.8) is 0 Å². The first-order valence-electron chi connectivity index (χ1n) is 8.75. The van der Waals surface area contributed by atoms with Gasteiger partial charge in [0.25, 0.3) is 0 Å². The van der Waals surface area contributed by atoms with Gasteiger partial charge in [-0.2, -0.15) is 0 Å². The van der Waals surface area contributed by atoms with Gasteiger partial charge in [-0.25, -0.2) is 9.78 Å². The van der Waals surface area contributed by atoms with Crippen LogP contribution in [-0.2, 0) is 14.3 Å². The highest BCUT2D eigenvalue weighted by Crippen LogP contribution is 2.32. The number of rotatable bonds is 5. The standard InChI is InChI=1S/C18H24N4O5/c1-10(26-2)15(21-18(25)27-3)17(24)22-9-11(23)8-14(22)16-19-12-6-4-5-7-13(12)20-16/h4-7,10-11,14-15,23H,8-9H2,1-3H3,(H,19,20)(H,21,25)/t10-,11+,14+,15+/m1/s1. The topological polar surface area (TPSA) is 117 Å². The van der Waals surface area contributed by atoms with Crippen molar-refractivity contribution in [3.05, 3.63) is 30.1 Å². The van der Waals surface area contributed by atoms with Crippen LogP contribution in [0.2, 0.25) is 0 Å². The molecule has 1 saturated heterocycles. The number of aliphatic hydroxyl groups is 1. The fourth-order valence-electron chi connectivity index (χ4n) is 3.33. The van der Waals surface area contributed by atoms with E-state index in [1.165, 1.54) is 19.1 Å². The summed E-state index contributed by atoms with van der Waals surface area (Å²) in [6.07, 6.45) is -1.62. The molecule has 1 aromatic heterocycles. The molecule has 27 heavy (non-hydrogen) atoms. The van der Waals surface area contributed by atoms with Gasteiger partial charge >= 0.3 is 6.09 Å². The second kappa shape index (κ2) is 7.93. The molecule has 2 heterocycles. The number of carbonyl (C=O) groups excluding carboxylic acids is 2. The number of para-hydroxylation sites is 2. The van der Waals surface area contributed by atoms with Crippen molar-refractivity contribution < 1.29 is 24.2 Å². The Morgan fingerprint density at radius 3 is 2.78 bits per heavy atom. The number of aromatic nitrogens is 2. The van der Waals surface area contributed by atoms with Gasteiger partial charge in [0.2, 0.25) is 5.91 Å². The molecule has 1 fully saturated rings. The molecule has 0 spiro atoms. The van der Waals surface area contributed by atoms with Gasteiger partial charge in [-0.3, -0.25) is 4.79 Å². The Bertz CT molecular complexity index is 790. The normalized spacial score (nSPS) is 21.9. The summed E-state index contributed by atoms with van der Waals surface area (Å²) in [7, 11) is 2.69. The number of aliphatic hydroxyl groups excluding tert-OH is 1. The predicted molar refractivity (Wildman–Crippen MR) is 97.0 cm³/mol. The van der Waals surface area contributed by atoms with E-state index in [0.29, 0.717) is 12.2 Å². The lowest BCUT2D eigenvalue weighted by atomic mass is 10.1. The Kier molecular flexibility index (Phi) is 5.62. The van der Waals surface area contributed by atoms with Crippen LogP contribution in [0, 0.1) is 0 Å². The number of benzene rings is 1. The maximum absolute atomic E-state index is 13.2. The number of fused-ring (bicyclic) bond motifs is 1. The monoisotopic (exact) mass is 376 g/mol. The van der Waals surface area contributed by atoms with E-state index < -0.39 is 30.4 Å². The van der Waals surface area contributed by atoms with Crippen molar-refractivity contribution in [1.29, 1.82) is 0 Å². The first kappa shape index (κ1) is 19.1. The molecule has 0 radical (unpaired) electrons. The molecule has 0 aliphatic carbocycles. The number of carbonyl (C=O) groups is 2. The molecule has 0 saturated carbocycles. The lowest BCUT2D eigenvalue weighted by molar-refractivity contribution is -0.138. The molecule has 3 N–H and O–H groups in total. The van der Waals surface area contributed by atoms with E-state index in [-0.39, 0.29) is 12.5 Å². The third kappa shape index (κ3) is 3.88. The first-order valence-corrected chi connectivity index (χ1v) is 8.75. The number of nitrogens with zero attached hydrogens (tertiary/aromatic N) is 2. The quantitative estimate of drug-likeness (QED) is 0.716. The highest BCUT2D eigenvalue weighted by atomic mass is 16.5. The Morgan fingerprint density at radius 2 is 2.11 bits per heavy atom. The van der Waals surface area contributed by atoms with Crippen LogP contribution in [0.25, 0.3) is 11.0 Å². The highest BCUT2D eigenvalue weighted by molar-refractivity contribution is 5.87. The van der Waals surface area contributed by atoms with E-state index in [0.717, 1.165) is 11.0 Å². The number of H-pyrrole nitrogens is 1. The number of imidazole rings is 1. The summed E-state index contributed by atoms with van der Waals surface area (Å²) in [5.41, 5.74) is 1.64. The number of β-amino-alcohol motifs (C(OH)–C–C–N with tert-alkyl or cyclic N) is 1. The van der Waals surface area contributed by atoms with Crippen LogP contribution in [-0.4, -0.2) is 71.0 Å². The molecule has 0 unspecified atom stereocenters. The van der Waals surface area contributed by atoms with E-state index >= 15 is 0 Å². The van der Waals surface area contributed by atoms with Gasteiger partial charge in [-0.1, -0.05) is 12.1 Å². The number of aromatic amines is 1. The summed E-state index contributed by atoms with van der Waals surface area (Å²) in [6.45, 7) is 1.83. The average Bonchev–Trinajstić information content (AvgIpc) is 3.27. The summed E-state index contributed by atoms with van der Waals surface area (Å²) in [6, 6.07) is 6.19. The molecule has 146 valence electrons. The van der Waals surface area contributed by atoms with E-state index in [9.17, 15) is 14.7 Å². The molecule has 4 atom stereocenters. The molecular formula is C18H24N4O5. The first-order chi connectivity index (χ1) is 12.9. The van der Waals surface area contributed by atoms with Crippen molar-refractivity contribution in [2.45, 2.75) is 37.6 Å². The van der Waals surface area contributed by atoms with Crippen LogP contribution >= 0.6 is 0 Å². The molecule has 3 rings (SSSR count). The number of hydrogen-bond donors (Lipinski definition) is 3. The smallest absolute Gasteiger partial charge is 0.407 e. The van der Waals surface area contributed by atoms with Crippen LogP contribution in [0.3, 0.4) is 0 Å². The van der Waals surface area contributed by atoms with Crippen molar-refractivity contribution in [2.24, 2.45) is 0 Å². The fraction of sp³-hybridized carbons (Fsp3) is 0.500. The molecule has 2 aromatic rings. The fourth-order valence-corrected chi connectivity index (χ4v) is 3.33. The number of hydrogen-bond acceptors (Lipinski definition) is 6. The van der Waals surface area contributed by atoms with Crippen molar-refractivity contribution in [2.75, 3.05) is 20.8 Å². The van der Waals surface area contributed by atoms with Crippen molar-refractivity contribution in [1.82, 2.24) is 20.2 Å². The van der Waals surface area contributed by atoms with Crippen LogP contribution in [0.4, 0.5) is 4.79 Å². The highest BCUT2D eigenvalue weighted by Gasteiger charge is 2.41. The number of nitrogens with one attached hydrogen (secondary N) is 2. The van der Waals surface area contributed by atoms with Crippen LogP contribution in [0.1, 0.15) is 25.2 Å². The molecule has 2 amide bonds. The number of ether oxygens (including phenoxy) is 2. The minimum atomic E-state index is -0.945. The van der Waals surface area contributed by atoms with Crippen molar-refractivity contribution in [3.8, 4) is 0 Å². The van der Waals surface area contributed by atoms with Crippen LogP contribution in [0.5, 0.6) is 0 Å². The Balaban J connectivity index is 1.89. The average molecular weight is 376 g/mol. The Morgan fingerprint density at radius 1 is 1.37 bits per heavy atom.